The molecule has 2 unspecified atom stereocenters. The minimum atomic E-state index is 0.147. The van der Waals surface area contributed by atoms with Gasteiger partial charge in [-0.2, -0.15) is 0 Å². The van der Waals surface area contributed by atoms with Crippen molar-refractivity contribution in [2.75, 3.05) is 39.4 Å². The van der Waals surface area contributed by atoms with Crippen molar-refractivity contribution < 1.29 is 14.6 Å². The van der Waals surface area contributed by atoms with Gasteiger partial charge in [0.25, 0.3) is 0 Å². The Bertz CT molecular complexity index is 379. The number of hydrogen-bond acceptors (Lipinski definition) is 4. The second-order valence-corrected chi connectivity index (χ2v) is 8.20. The van der Waals surface area contributed by atoms with E-state index in [1.165, 1.54) is 12.8 Å². The first kappa shape index (κ1) is 18.7. The van der Waals surface area contributed by atoms with Crippen molar-refractivity contribution in [3.8, 4) is 0 Å². The molecule has 1 aliphatic carbocycles. The van der Waals surface area contributed by atoms with Crippen molar-refractivity contribution in [3.63, 3.8) is 0 Å². The SMILES string of the molecule is CC(C)(C)CN(CCCO)CC(=O)N1CCOC2CCCCC21. The molecule has 5 heteroatoms. The standard InChI is InChI=1S/C18H34N2O3/c1-18(2,3)14-19(9-6-11-21)13-17(22)20-10-12-23-16-8-5-4-7-15(16)20/h15-16,21H,4-14H2,1-3H3. The second kappa shape index (κ2) is 8.45. The molecule has 134 valence electrons. The number of rotatable bonds is 6. The van der Waals surface area contributed by atoms with Gasteiger partial charge < -0.3 is 14.7 Å². The number of aliphatic hydroxyl groups excluding tert-OH is 1. The normalized spacial score (nSPS) is 25.5. The molecule has 2 atom stereocenters. The molecule has 0 spiro atoms. The monoisotopic (exact) mass is 326 g/mol. The van der Waals surface area contributed by atoms with Crippen LogP contribution in [-0.2, 0) is 9.53 Å². The average Bonchev–Trinajstić information content (AvgIpc) is 2.50. The van der Waals surface area contributed by atoms with Crippen LogP contribution < -0.4 is 0 Å². The zero-order valence-corrected chi connectivity index (χ0v) is 15.1. The minimum Gasteiger partial charge on any atom is -0.396 e. The lowest BCUT2D eigenvalue weighted by molar-refractivity contribution is -0.151. The van der Waals surface area contributed by atoms with E-state index in [0.717, 1.165) is 38.9 Å². The van der Waals surface area contributed by atoms with E-state index in [2.05, 4.69) is 30.6 Å². The number of carbonyl (C=O) groups is 1. The van der Waals surface area contributed by atoms with E-state index in [1.54, 1.807) is 0 Å². The quantitative estimate of drug-likeness (QED) is 0.810. The summed E-state index contributed by atoms with van der Waals surface area (Å²) in [5.74, 6) is 0.229. The largest absolute Gasteiger partial charge is 0.396 e. The molecule has 1 amide bonds. The molecule has 5 nitrogen and oxygen atoms in total. The molecule has 1 saturated carbocycles. The summed E-state index contributed by atoms with van der Waals surface area (Å²) in [6.07, 6.45) is 5.55. The van der Waals surface area contributed by atoms with Crippen molar-refractivity contribution in [2.45, 2.75) is 65.0 Å². The minimum absolute atomic E-state index is 0.147. The molecule has 0 aromatic carbocycles. The molecule has 23 heavy (non-hydrogen) atoms. The summed E-state index contributed by atoms with van der Waals surface area (Å²) in [5, 5.41) is 9.11. The number of nitrogens with zero attached hydrogens (tertiary/aromatic N) is 2. The van der Waals surface area contributed by atoms with Crippen LogP contribution in [0.2, 0.25) is 0 Å². The van der Waals surface area contributed by atoms with Crippen LogP contribution in [-0.4, -0.2) is 72.4 Å². The molecular weight excluding hydrogens is 292 g/mol. The van der Waals surface area contributed by atoms with E-state index in [0.29, 0.717) is 13.2 Å². The van der Waals surface area contributed by atoms with Gasteiger partial charge in [-0.3, -0.25) is 9.69 Å². The van der Waals surface area contributed by atoms with Crippen LogP contribution >= 0.6 is 0 Å². The summed E-state index contributed by atoms with van der Waals surface area (Å²) >= 11 is 0. The van der Waals surface area contributed by atoms with Gasteiger partial charge in [0, 0.05) is 26.2 Å². The number of carbonyl (C=O) groups excluding carboxylic acids is 1. The maximum atomic E-state index is 12.9. The number of fused-ring (bicyclic) bond motifs is 1. The molecule has 1 N–H and O–H groups in total. The van der Waals surface area contributed by atoms with E-state index < -0.39 is 0 Å². The molecule has 0 radical (unpaired) electrons. The molecule has 2 rings (SSSR count). The smallest absolute Gasteiger partial charge is 0.237 e. The molecule has 2 fully saturated rings. The lowest BCUT2D eigenvalue weighted by Gasteiger charge is -2.44. The average molecular weight is 326 g/mol. The highest BCUT2D eigenvalue weighted by molar-refractivity contribution is 5.78. The summed E-state index contributed by atoms with van der Waals surface area (Å²) < 4.78 is 5.87. The summed E-state index contributed by atoms with van der Waals surface area (Å²) in [5.41, 5.74) is 0.147. The molecule has 1 heterocycles. The molecule has 0 bridgehead atoms. The van der Waals surface area contributed by atoms with E-state index in [9.17, 15) is 4.79 Å². The van der Waals surface area contributed by atoms with Gasteiger partial charge in [-0.1, -0.05) is 33.6 Å². The van der Waals surface area contributed by atoms with Crippen LogP contribution in [0.4, 0.5) is 0 Å². The van der Waals surface area contributed by atoms with Crippen LogP contribution in [0.5, 0.6) is 0 Å². The van der Waals surface area contributed by atoms with Crippen molar-refractivity contribution in [1.29, 1.82) is 0 Å². The maximum Gasteiger partial charge on any atom is 0.237 e. The number of ether oxygens (including phenoxy) is 1. The fourth-order valence-electron chi connectivity index (χ4n) is 3.87. The van der Waals surface area contributed by atoms with Crippen LogP contribution in [0.15, 0.2) is 0 Å². The van der Waals surface area contributed by atoms with Crippen molar-refractivity contribution >= 4 is 5.91 Å². The van der Waals surface area contributed by atoms with Gasteiger partial charge in [0.15, 0.2) is 0 Å². The third kappa shape index (κ3) is 5.73. The fraction of sp³-hybridized carbons (Fsp3) is 0.944. The molecule has 1 saturated heterocycles. The van der Waals surface area contributed by atoms with Crippen molar-refractivity contribution in [2.24, 2.45) is 5.41 Å². The summed E-state index contributed by atoms with van der Waals surface area (Å²) in [6, 6.07) is 0.277. The van der Waals surface area contributed by atoms with Crippen molar-refractivity contribution in [1.82, 2.24) is 9.80 Å². The van der Waals surface area contributed by atoms with Gasteiger partial charge in [0.1, 0.15) is 0 Å². The number of aliphatic hydroxyl groups is 1. The fourth-order valence-corrected chi connectivity index (χ4v) is 3.87. The molecule has 1 aliphatic heterocycles. The van der Waals surface area contributed by atoms with Gasteiger partial charge in [-0.05, 0) is 24.7 Å². The van der Waals surface area contributed by atoms with Gasteiger partial charge in [0.05, 0.1) is 25.3 Å². The zero-order valence-electron chi connectivity index (χ0n) is 15.1. The summed E-state index contributed by atoms with van der Waals surface area (Å²) in [7, 11) is 0. The van der Waals surface area contributed by atoms with Crippen LogP contribution in [0.3, 0.4) is 0 Å². The summed E-state index contributed by atoms with van der Waals surface area (Å²) in [6.45, 7) is 10.2. The maximum absolute atomic E-state index is 12.9. The van der Waals surface area contributed by atoms with E-state index >= 15 is 0 Å². The van der Waals surface area contributed by atoms with Gasteiger partial charge in [-0.25, -0.2) is 0 Å². The lowest BCUT2D eigenvalue weighted by Crippen LogP contribution is -2.57. The Hall–Kier alpha value is -0.650. The van der Waals surface area contributed by atoms with Gasteiger partial charge in [0.2, 0.25) is 5.91 Å². The molecule has 0 aromatic rings. The Morgan fingerprint density at radius 1 is 1.30 bits per heavy atom. The van der Waals surface area contributed by atoms with E-state index in [1.807, 2.05) is 0 Å². The predicted molar refractivity (Wildman–Crippen MR) is 91.3 cm³/mol. The Morgan fingerprint density at radius 2 is 2.04 bits per heavy atom. The Morgan fingerprint density at radius 3 is 2.74 bits per heavy atom. The second-order valence-electron chi connectivity index (χ2n) is 8.20. The van der Waals surface area contributed by atoms with Crippen LogP contribution in [0.25, 0.3) is 0 Å². The Kier molecular flexibility index (Phi) is 6.86. The molecule has 0 aromatic heterocycles. The number of amides is 1. The van der Waals surface area contributed by atoms with Crippen LogP contribution in [0.1, 0.15) is 52.9 Å². The highest BCUT2D eigenvalue weighted by Crippen LogP contribution is 2.28. The van der Waals surface area contributed by atoms with E-state index in [4.69, 9.17) is 9.84 Å². The third-order valence-corrected chi connectivity index (χ3v) is 4.74. The lowest BCUT2D eigenvalue weighted by atomic mass is 9.90. The molecule has 2 aliphatic rings. The first-order chi connectivity index (χ1) is 10.9. The Balaban J connectivity index is 1.95. The predicted octanol–water partition coefficient (Wildman–Crippen LogP) is 1.89. The highest BCUT2D eigenvalue weighted by Gasteiger charge is 2.37. The first-order valence-corrected chi connectivity index (χ1v) is 9.15. The van der Waals surface area contributed by atoms with Gasteiger partial charge >= 0.3 is 0 Å². The number of hydrogen-bond donors (Lipinski definition) is 1. The van der Waals surface area contributed by atoms with Gasteiger partial charge in [-0.15, -0.1) is 0 Å². The van der Waals surface area contributed by atoms with E-state index in [-0.39, 0.29) is 30.1 Å². The summed E-state index contributed by atoms with van der Waals surface area (Å²) in [4.78, 5) is 17.2. The highest BCUT2D eigenvalue weighted by atomic mass is 16.5. The Labute approximate surface area is 141 Å². The van der Waals surface area contributed by atoms with Crippen molar-refractivity contribution in [3.05, 3.63) is 0 Å². The number of morpholine rings is 1. The molecular formula is C18H34N2O3. The topological polar surface area (TPSA) is 53.0 Å². The zero-order chi connectivity index (χ0) is 16.9. The third-order valence-electron chi connectivity index (χ3n) is 4.74. The first-order valence-electron chi connectivity index (χ1n) is 9.15. The van der Waals surface area contributed by atoms with Crippen LogP contribution in [0, 0.1) is 5.41 Å².